The Morgan fingerprint density at radius 3 is 2.56 bits per heavy atom. The fourth-order valence-electron chi connectivity index (χ4n) is 2.13. The average Bonchev–Trinajstić information content (AvgIpc) is 2.96. The molecule has 1 heterocycles. The monoisotopic (exact) mass is 468 g/mol. The summed E-state index contributed by atoms with van der Waals surface area (Å²) in [4.78, 5) is 15.4. The van der Waals surface area contributed by atoms with Crippen LogP contribution < -0.4 is 9.46 Å². The third-order valence-electron chi connectivity index (χ3n) is 3.26. The van der Waals surface area contributed by atoms with E-state index in [1.165, 1.54) is 24.4 Å². The third-order valence-corrected chi connectivity index (χ3v) is 6.60. The van der Waals surface area contributed by atoms with Gasteiger partial charge in [-0.1, -0.05) is 59.1 Å². The topological polar surface area (TPSA) is 85.4 Å². The zero-order valence-electron chi connectivity index (χ0n) is 14.0. The maximum Gasteiger partial charge on any atom is 0.312 e. The number of aromatic nitrogens is 1. The molecular weight excluding hydrogens is 455 g/mol. The number of hydrogen-bond acceptors (Lipinski definition) is 6. The Balaban J connectivity index is 2.26. The molecule has 0 spiro atoms. The molecule has 0 bridgehead atoms. The van der Waals surface area contributed by atoms with Crippen molar-refractivity contribution in [1.82, 2.24) is 4.98 Å². The number of sulfonamides is 1. The SMILES string of the molecule is C=CC(c1c(Cl)cc(Cl)cc1Cl)S(=O)(=O)Nc1ncc(OC(=O)CCC)s1. The minimum absolute atomic E-state index is 0.0300. The number of anilines is 1. The summed E-state index contributed by atoms with van der Waals surface area (Å²) in [6.07, 6.45) is 3.35. The molecule has 1 unspecified atom stereocenters. The molecule has 0 aliphatic rings. The summed E-state index contributed by atoms with van der Waals surface area (Å²) >= 11 is 19.0. The normalized spacial score (nSPS) is 12.4. The van der Waals surface area contributed by atoms with E-state index in [-0.39, 0.29) is 37.2 Å². The van der Waals surface area contributed by atoms with Crippen LogP contribution in [0.4, 0.5) is 5.13 Å². The lowest BCUT2D eigenvalue weighted by Crippen LogP contribution is -2.20. The quantitative estimate of drug-likeness (QED) is 0.409. The molecule has 0 saturated heterocycles. The van der Waals surface area contributed by atoms with Crippen LogP contribution in [-0.2, 0) is 14.8 Å². The molecule has 1 aromatic carbocycles. The van der Waals surface area contributed by atoms with Crippen molar-refractivity contribution in [2.75, 3.05) is 4.72 Å². The highest BCUT2D eigenvalue weighted by Crippen LogP contribution is 2.39. The van der Waals surface area contributed by atoms with Crippen molar-refractivity contribution in [2.45, 2.75) is 25.0 Å². The van der Waals surface area contributed by atoms with Gasteiger partial charge in [0.1, 0.15) is 5.25 Å². The van der Waals surface area contributed by atoms with Crippen LogP contribution in [-0.4, -0.2) is 19.4 Å². The number of nitrogens with one attached hydrogen (secondary N) is 1. The molecule has 6 nitrogen and oxygen atoms in total. The number of nitrogens with zero attached hydrogens (tertiary/aromatic N) is 1. The molecule has 0 fully saturated rings. The van der Waals surface area contributed by atoms with Gasteiger partial charge in [-0.25, -0.2) is 13.4 Å². The first-order chi connectivity index (χ1) is 12.7. The van der Waals surface area contributed by atoms with Crippen molar-refractivity contribution in [3.05, 3.63) is 51.6 Å². The highest BCUT2D eigenvalue weighted by molar-refractivity contribution is 7.93. The Labute approximate surface area is 176 Å². The van der Waals surface area contributed by atoms with E-state index in [0.717, 1.165) is 11.3 Å². The minimum Gasteiger partial charge on any atom is -0.414 e. The maximum absolute atomic E-state index is 12.8. The smallest absolute Gasteiger partial charge is 0.312 e. The van der Waals surface area contributed by atoms with Crippen LogP contribution in [0.15, 0.2) is 31.0 Å². The molecule has 146 valence electrons. The molecule has 0 radical (unpaired) electrons. The van der Waals surface area contributed by atoms with E-state index in [1.807, 2.05) is 6.92 Å². The highest BCUT2D eigenvalue weighted by Gasteiger charge is 2.30. The molecular formula is C16H15Cl3N2O4S2. The Kier molecular flexibility index (Phi) is 7.53. The lowest BCUT2D eigenvalue weighted by Gasteiger charge is -2.17. The van der Waals surface area contributed by atoms with Gasteiger partial charge in [-0.05, 0) is 18.6 Å². The van der Waals surface area contributed by atoms with Crippen molar-refractivity contribution in [1.29, 1.82) is 0 Å². The zero-order valence-corrected chi connectivity index (χ0v) is 17.9. The minimum atomic E-state index is -4.03. The highest BCUT2D eigenvalue weighted by atomic mass is 35.5. The molecule has 1 aromatic heterocycles. The van der Waals surface area contributed by atoms with E-state index in [9.17, 15) is 13.2 Å². The number of thiazole rings is 1. The van der Waals surface area contributed by atoms with Crippen molar-refractivity contribution in [3.8, 4) is 5.06 Å². The van der Waals surface area contributed by atoms with E-state index < -0.39 is 21.2 Å². The van der Waals surface area contributed by atoms with Crippen LogP contribution in [0.5, 0.6) is 5.06 Å². The van der Waals surface area contributed by atoms with E-state index >= 15 is 0 Å². The van der Waals surface area contributed by atoms with Gasteiger partial charge in [0.05, 0.1) is 6.20 Å². The first kappa shape index (κ1) is 22.0. The van der Waals surface area contributed by atoms with Gasteiger partial charge in [-0.3, -0.25) is 9.52 Å². The van der Waals surface area contributed by atoms with Gasteiger partial charge in [0.2, 0.25) is 15.1 Å². The van der Waals surface area contributed by atoms with Crippen LogP contribution in [0, 0.1) is 0 Å². The summed E-state index contributed by atoms with van der Waals surface area (Å²) in [6.45, 7) is 5.40. The number of benzene rings is 1. The zero-order chi connectivity index (χ0) is 20.2. The third kappa shape index (κ3) is 5.58. The van der Waals surface area contributed by atoms with Gasteiger partial charge in [-0.15, -0.1) is 6.58 Å². The molecule has 1 atom stereocenters. The summed E-state index contributed by atoms with van der Waals surface area (Å²) in [5.74, 6) is -0.417. The molecule has 0 amide bonds. The Hall–Kier alpha value is -1.32. The molecule has 0 saturated carbocycles. The van der Waals surface area contributed by atoms with Crippen LogP contribution in [0.3, 0.4) is 0 Å². The fourth-order valence-corrected chi connectivity index (χ4v) is 5.60. The lowest BCUT2D eigenvalue weighted by atomic mass is 10.1. The predicted molar refractivity (Wildman–Crippen MR) is 110 cm³/mol. The molecule has 0 aliphatic heterocycles. The Morgan fingerprint density at radius 1 is 1.37 bits per heavy atom. The Morgan fingerprint density at radius 2 is 2.00 bits per heavy atom. The van der Waals surface area contributed by atoms with Crippen LogP contribution in [0.2, 0.25) is 15.1 Å². The molecule has 2 aromatic rings. The second-order valence-corrected chi connectivity index (χ2v) is 9.34. The first-order valence-corrected chi connectivity index (χ1v) is 11.1. The number of ether oxygens (including phenoxy) is 1. The first-order valence-electron chi connectivity index (χ1n) is 7.63. The number of halogens is 3. The summed E-state index contributed by atoms with van der Waals surface area (Å²) in [6, 6.07) is 2.79. The second kappa shape index (κ2) is 9.25. The standard InChI is InChI=1S/C16H15Cl3N2O4S2/c1-3-5-13(22)25-14-8-20-16(26-14)21-27(23,24)12(4-2)15-10(18)6-9(17)7-11(15)19/h4,6-8,12H,2-3,5H2,1H3,(H,20,21). The van der Waals surface area contributed by atoms with Gasteiger partial charge in [-0.2, -0.15) is 0 Å². The number of hydrogen-bond donors (Lipinski definition) is 1. The van der Waals surface area contributed by atoms with Crippen molar-refractivity contribution in [3.63, 3.8) is 0 Å². The van der Waals surface area contributed by atoms with Crippen LogP contribution in [0.1, 0.15) is 30.6 Å². The largest absolute Gasteiger partial charge is 0.414 e. The molecule has 27 heavy (non-hydrogen) atoms. The molecule has 0 aliphatic carbocycles. The van der Waals surface area contributed by atoms with Crippen molar-refractivity contribution < 1.29 is 17.9 Å². The number of carbonyl (C=O) groups is 1. The van der Waals surface area contributed by atoms with Gasteiger partial charge >= 0.3 is 5.97 Å². The lowest BCUT2D eigenvalue weighted by molar-refractivity contribution is -0.134. The molecule has 11 heteroatoms. The van der Waals surface area contributed by atoms with E-state index in [4.69, 9.17) is 39.5 Å². The second-order valence-electron chi connectivity index (χ2n) is 5.30. The average molecular weight is 470 g/mol. The van der Waals surface area contributed by atoms with E-state index in [0.29, 0.717) is 6.42 Å². The molecule has 2 rings (SSSR count). The summed E-state index contributed by atoms with van der Waals surface area (Å²) in [5, 5.41) is -0.566. The van der Waals surface area contributed by atoms with Crippen molar-refractivity contribution in [2.24, 2.45) is 0 Å². The van der Waals surface area contributed by atoms with Crippen LogP contribution >= 0.6 is 46.1 Å². The maximum atomic E-state index is 12.8. The van der Waals surface area contributed by atoms with Crippen LogP contribution in [0.25, 0.3) is 0 Å². The number of rotatable bonds is 8. The van der Waals surface area contributed by atoms with Gasteiger partial charge in [0, 0.05) is 27.1 Å². The summed E-state index contributed by atoms with van der Waals surface area (Å²) < 4.78 is 33.0. The van der Waals surface area contributed by atoms with E-state index in [2.05, 4.69) is 16.3 Å². The Bertz CT molecular complexity index is 937. The summed E-state index contributed by atoms with van der Waals surface area (Å²) in [5.41, 5.74) is 0.149. The number of carbonyl (C=O) groups excluding carboxylic acids is 1. The fraction of sp³-hybridized carbons (Fsp3) is 0.250. The van der Waals surface area contributed by atoms with E-state index in [1.54, 1.807) is 0 Å². The number of esters is 1. The van der Waals surface area contributed by atoms with Gasteiger partial charge < -0.3 is 4.74 Å². The van der Waals surface area contributed by atoms with Crippen molar-refractivity contribution >= 4 is 67.3 Å². The summed E-state index contributed by atoms with van der Waals surface area (Å²) in [7, 11) is -4.03. The van der Waals surface area contributed by atoms with Gasteiger partial charge in [0.25, 0.3) is 0 Å². The van der Waals surface area contributed by atoms with Gasteiger partial charge in [0.15, 0.2) is 5.13 Å². The molecule has 1 N–H and O–H groups in total. The predicted octanol–water partition coefficient (Wildman–Crippen LogP) is 5.48.